The molecule has 0 rings (SSSR count). The number of rotatable bonds is 9. The molecule has 98 valence electrons. The smallest absolute Gasteiger partial charge is 0.327 e. The number of hydrogen-bond acceptors (Lipinski definition) is 3. The van der Waals surface area contributed by atoms with E-state index in [1.54, 1.807) is 0 Å². The van der Waals surface area contributed by atoms with Crippen LogP contribution in [0.3, 0.4) is 0 Å². The Bertz CT molecular complexity index is 165. The lowest BCUT2D eigenvalue weighted by Gasteiger charge is -2.07. The second-order valence-electron chi connectivity index (χ2n) is 4.25. The van der Waals surface area contributed by atoms with Gasteiger partial charge in [0.25, 0.3) is 0 Å². The van der Waals surface area contributed by atoms with Crippen LogP contribution >= 0.6 is 12.4 Å². The van der Waals surface area contributed by atoms with Crippen molar-refractivity contribution >= 4 is 18.4 Å². The summed E-state index contributed by atoms with van der Waals surface area (Å²) >= 11 is 0. The normalized spacial score (nSPS) is 11.7. The van der Waals surface area contributed by atoms with Gasteiger partial charge in [-0.05, 0) is 6.42 Å². The molecule has 1 unspecified atom stereocenters. The van der Waals surface area contributed by atoms with Crippen LogP contribution in [0.2, 0.25) is 0 Å². The SMILES string of the molecule is CCCCCCCCCC(C)C(=O)ON.Cl. The fourth-order valence-electron chi connectivity index (χ4n) is 1.64. The molecule has 0 heterocycles. The van der Waals surface area contributed by atoms with E-state index in [-0.39, 0.29) is 24.3 Å². The van der Waals surface area contributed by atoms with Crippen LogP contribution in [0.25, 0.3) is 0 Å². The molecular weight excluding hydrogens is 226 g/mol. The molecule has 0 radical (unpaired) electrons. The van der Waals surface area contributed by atoms with Gasteiger partial charge in [-0.15, -0.1) is 12.4 Å². The largest absolute Gasteiger partial charge is 0.373 e. The first-order valence-electron chi connectivity index (χ1n) is 6.13. The van der Waals surface area contributed by atoms with Crippen molar-refractivity contribution in [2.75, 3.05) is 0 Å². The Hall–Kier alpha value is -0.280. The highest BCUT2D eigenvalue weighted by atomic mass is 35.5. The summed E-state index contributed by atoms with van der Waals surface area (Å²) < 4.78 is 0. The minimum atomic E-state index is -0.291. The molecule has 0 amide bonds. The highest BCUT2D eigenvalue weighted by molar-refractivity contribution is 5.85. The summed E-state index contributed by atoms with van der Waals surface area (Å²) in [5.41, 5.74) is 0. The van der Waals surface area contributed by atoms with Gasteiger partial charge in [-0.2, -0.15) is 5.90 Å². The van der Waals surface area contributed by atoms with E-state index in [0.717, 1.165) is 12.8 Å². The summed E-state index contributed by atoms with van der Waals surface area (Å²) in [6.07, 6.45) is 9.79. The standard InChI is InChI=1S/C12H25NO2.ClH/c1-3-4-5-6-7-8-9-10-11(2)12(14)15-13;/h11H,3-10,13H2,1-2H3;1H. The fraction of sp³-hybridized carbons (Fsp3) is 0.917. The third-order valence-electron chi connectivity index (χ3n) is 2.76. The maximum atomic E-state index is 11.0. The van der Waals surface area contributed by atoms with Crippen LogP contribution in [-0.2, 0) is 9.63 Å². The van der Waals surface area contributed by atoms with Gasteiger partial charge in [-0.1, -0.05) is 58.8 Å². The van der Waals surface area contributed by atoms with E-state index in [9.17, 15) is 4.79 Å². The molecule has 0 aromatic carbocycles. The minimum Gasteiger partial charge on any atom is -0.373 e. The van der Waals surface area contributed by atoms with Gasteiger partial charge in [0, 0.05) is 0 Å². The number of unbranched alkanes of at least 4 members (excludes halogenated alkanes) is 6. The van der Waals surface area contributed by atoms with Crippen molar-refractivity contribution in [3.8, 4) is 0 Å². The number of nitrogens with two attached hydrogens (primary N) is 1. The molecule has 1 atom stereocenters. The van der Waals surface area contributed by atoms with E-state index >= 15 is 0 Å². The van der Waals surface area contributed by atoms with E-state index in [1.807, 2.05) is 6.92 Å². The zero-order valence-corrected chi connectivity index (χ0v) is 11.4. The van der Waals surface area contributed by atoms with Crippen LogP contribution in [0.1, 0.15) is 65.2 Å². The molecule has 0 saturated carbocycles. The predicted molar refractivity (Wildman–Crippen MR) is 69.3 cm³/mol. The van der Waals surface area contributed by atoms with Gasteiger partial charge >= 0.3 is 5.97 Å². The van der Waals surface area contributed by atoms with Crippen LogP contribution in [0.15, 0.2) is 0 Å². The van der Waals surface area contributed by atoms with Gasteiger partial charge in [0.15, 0.2) is 0 Å². The highest BCUT2D eigenvalue weighted by Crippen LogP contribution is 2.13. The Labute approximate surface area is 105 Å². The number of carbonyl (C=O) groups is 1. The van der Waals surface area contributed by atoms with Gasteiger partial charge in [-0.3, -0.25) is 4.79 Å². The summed E-state index contributed by atoms with van der Waals surface area (Å²) in [7, 11) is 0. The Morgan fingerprint density at radius 2 is 1.62 bits per heavy atom. The molecule has 0 aromatic rings. The van der Waals surface area contributed by atoms with Crippen molar-refractivity contribution in [2.24, 2.45) is 11.8 Å². The number of hydrogen-bond donors (Lipinski definition) is 1. The molecule has 0 fully saturated rings. The van der Waals surface area contributed by atoms with Gasteiger partial charge in [0.05, 0.1) is 5.92 Å². The zero-order valence-electron chi connectivity index (χ0n) is 10.5. The van der Waals surface area contributed by atoms with E-state index in [2.05, 4.69) is 11.8 Å². The summed E-state index contributed by atoms with van der Waals surface area (Å²) in [6.45, 7) is 4.09. The molecular formula is C12H26ClNO2. The Balaban J connectivity index is 0. The molecule has 0 aliphatic rings. The molecule has 16 heavy (non-hydrogen) atoms. The van der Waals surface area contributed by atoms with Gasteiger partial charge in [0.2, 0.25) is 0 Å². The quantitative estimate of drug-likeness (QED) is 0.503. The first-order chi connectivity index (χ1) is 7.22. The van der Waals surface area contributed by atoms with Crippen molar-refractivity contribution in [1.82, 2.24) is 0 Å². The molecule has 4 heteroatoms. The fourth-order valence-corrected chi connectivity index (χ4v) is 1.64. The third kappa shape index (κ3) is 10.2. The summed E-state index contributed by atoms with van der Waals surface area (Å²) in [5.74, 6) is 4.47. The topological polar surface area (TPSA) is 52.3 Å². The lowest BCUT2D eigenvalue weighted by molar-refractivity contribution is -0.148. The second kappa shape index (κ2) is 12.8. The molecule has 2 N–H and O–H groups in total. The molecule has 3 nitrogen and oxygen atoms in total. The molecule has 0 spiro atoms. The zero-order chi connectivity index (χ0) is 11.5. The summed E-state index contributed by atoms with van der Waals surface area (Å²) in [4.78, 5) is 15.2. The number of carbonyl (C=O) groups excluding carboxylic acids is 1. The highest BCUT2D eigenvalue weighted by Gasteiger charge is 2.12. The van der Waals surface area contributed by atoms with E-state index < -0.39 is 0 Å². The van der Waals surface area contributed by atoms with Crippen LogP contribution in [0, 0.1) is 5.92 Å². The van der Waals surface area contributed by atoms with E-state index in [4.69, 9.17) is 5.90 Å². The predicted octanol–water partition coefficient (Wildman–Crippen LogP) is 3.60. The lowest BCUT2D eigenvalue weighted by atomic mass is 10.0. The lowest BCUT2D eigenvalue weighted by Crippen LogP contribution is -2.18. The third-order valence-corrected chi connectivity index (χ3v) is 2.76. The van der Waals surface area contributed by atoms with Crippen LogP contribution in [-0.4, -0.2) is 5.97 Å². The summed E-state index contributed by atoms with van der Waals surface area (Å²) in [5, 5.41) is 0. The van der Waals surface area contributed by atoms with Crippen molar-refractivity contribution in [1.29, 1.82) is 0 Å². The minimum absolute atomic E-state index is 0. The van der Waals surface area contributed by atoms with Crippen molar-refractivity contribution < 1.29 is 9.63 Å². The maximum absolute atomic E-state index is 11.0. The average molecular weight is 252 g/mol. The maximum Gasteiger partial charge on any atom is 0.327 e. The van der Waals surface area contributed by atoms with Crippen molar-refractivity contribution in [2.45, 2.75) is 65.2 Å². The molecule has 0 saturated heterocycles. The van der Waals surface area contributed by atoms with Gasteiger partial charge in [-0.25, -0.2) is 0 Å². The first-order valence-corrected chi connectivity index (χ1v) is 6.13. The van der Waals surface area contributed by atoms with Gasteiger partial charge < -0.3 is 4.84 Å². The van der Waals surface area contributed by atoms with E-state index in [1.165, 1.54) is 38.5 Å². The summed E-state index contributed by atoms with van der Waals surface area (Å²) in [6, 6.07) is 0. The van der Waals surface area contributed by atoms with Gasteiger partial charge in [0.1, 0.15) is 0 Å². The van der Waals surface area contributed by atoms with Crippen LogP contribution < -0.4 is 5.90 Å². The van der Waals surface area contributed by atoms with Crippen LogP contribution in [0.4, 0.5) is 0 Å². The molecule has 0 aliphatic carbocycles. The van der Waals surface area contributed by atoms with Crippen molar-refractivity contribution in [3.63, 3.8) is 0 Å². The first kappa shape index (κ1) is 18.1. The van der Waals surface area contributed by atoms with E-state index in [0.29, 0.717) is 0 Å². The molecule has 0 aromatic heterocycles. The Kier molecular flexibility index (Phi) is 14.5. The Morgan fingerprint density at radius 1 is 1.12 bits per heavy atom. The average Bonchev–Trinajstić information content (AvgIpc) is 2.26. The monoisotopic (exact) mass is 251 g/mol. The number of halogens is 1. The van der Waals surface area contributed by atoms with Crippen LogP contribution in [0.5, 0.6) is 0 Å². The Morgan fingerprint density at radius 3 is 2.12 bits per heavy atom. The second-order valence-corrected chi connectivity index (χ2v) is 4.25. The van der Waals surface area contributed by atoms with Crippen molar-refractivity contribution in [3.05, 3.63) is 0 Å². The molecule has 0 bridgehead atoms. The molecule has 0 aliphatic heterocycles.